The zero-order chi connectivity index (χ0) is 27.6. The van der Waals surface area contributed by atoms with Gasteiger partial charge in [-0.3, -0.25) is 24.0 Å². The van der Waals surface area contributed by atoms with E-state index in [2.05, 4.69) is 10.6 Å². The monoisotopic (exact) mass is 539 g/mol. The van der Waals surface area contributed by atoms with Gasteiger partial charge in [-0.25, -0.2) is 0 Å². The number of esters is 2. The number of thioether (sulfide) groups is 1. The van der Waals surface area contributed by atoms with Crippen LogP contribution in [0.25, 0.3) is 0 Å². The van der Waals surface area contributed by atoms with Crippen LogP contribution in [-0.2, 0) is 39.9 Å². The Balaban J connectivity index is 2.15. The zero-order valence-electron chi connectivity index (χ0n) is 20.8. The molecule has 0 aromatic heterocycles. The summed E-state index contributed by atoms with van der Waals surface area (Å²) in [6, 6.07) is 2.76. The van der Waals surface area contributed by atoms with Gasteiger partial charge >= 0.3 is 11.9 Å². The Labute approximate surface area is 218 Å². The number of carbonyl (C=O) groups is 5. The summed E-state index contributed by atoms with van der Waals surface area (Å²) in [7, 11) is 0. The molecule has 37 heavy (non-hydrogen) atoms. The van der Waals surface area contributed by atoms with E-state index in [1.54, 1.807) is 13.8 Å². The molecule has 1 heterocycles. The van der Waals surface area contributed by atoms with E-state index in [0.29, 0.717) is 11.3 Å². The maximum Gasteiger partial charge on any atom is 0.324 e. The second kappa shape index (κ2) is 13.8. The number of carbonyl (C=O) groups excluding carboxylic acids is 5. The number of hydrogen-bond acceptors (Lipinski definition) is 11. The van der Waals surface area contributed by atoms with E-state index in [9.17, 15) is 34.2 Å². The summed E-state index contributed by atoms with van der Waals surface area (Å²) >= 11 is 1.01. The van der Waals surface area contributed by atoms with Crippen LogP contribution in [0.15, 0.2) is 18.2 Å². The second-order valence-electron chi connectivity index (χ2n) is 9.21. The van der Waals surface area contributed by atoms with E-state index in [0.717, 1.165) is 11.8 Å². The normalized spacial score (nSPS) is 21.1. The molecule has 0 saturated carbocycles. The van der Waals surface area contributed by atoms with Crippen LogP contribution < -0.4 is 16.4 Å². The number of benzene rings is 1. The summed E-state index contributed by atoms with van der Waals surface area (Å²) in [6.07, 6.45) is -1.72. The van der Waals surface area contributed by atoms with Crippen molar-refractivity contribution >= 4 is 40.6 Å². The van der Waals surface area contributed by atoms with E-state index < -0.39 is 35.4 Å². The van der Waals surface area contributed by atoms with Crippen molar-refractivity contribution in [2.45, 2.75) is 51.7 Å². The van der Waals surface area contributed by atoms with Gasteiger partial charge in [-0.05, 0) is 24.1 Å². The van der Waals surface area contributed by atoms with Crippen LogP contribution in [-0.4, -0.2) is 76.7 Å². The van der Waals surface area contributed by atoms with Gasteiger partial charge in [-0.1, -0.05) is 31.7 Å². The maximum absolute atomic E-state index is 13.0. The van der Waals surface area contributed by atoms with E-state index >= 15 is 0 Å². The summed E-state index contributed by atoms with van der Waals surface area (Å²) < 4.78 is 10.7. The molecule has 204 valence electrons. The molecule has 1 aliphatic heterocycles. The predicted molar refractivity (Wildman–Crippen MR) is 133 cm³/mol. The molecular weight excluding hydrogens is 506 g/mol. The molecule has 0 unspecified atom stereocenters. The lowest BCUT2D eigenvalue weighted by molar-refractivity contribution is -0.170. The number of amides is 2. The maximum atomic E-state index is 13.0. The van der Waals surface area contributed by atoms with Crippen LogP contribution in [0.4, 0.5) is 0 Å². The van der Waals surface area contributed by atoms with E-state index in [1.807, 2.05) is 0 Å². The second-order valence-corrected chi connectivity index (χ2v) is 10.4. The average Bonchev–Trinajstić information content (AvgIpc) is 2.84. The average molecular weight is 540 g/mol. The number of ether oxygens (including phenoxy) is 2. The van der Waals surface area contributed by atoms with E-state index in [1.165, 1.54) is 18.2 Å². The van der Waals surface area contributed by atoms with Gasteiger partial charge in [-0.15, -0.1) is 0 Å². The molecule has 0 bridgehead atoms. The highest BCUT2D eigenvalue weighted by Crippen LogP contribution is 2.27. The first-order valence-corrected chi connectivity index (χ1v) is 12.7. The van der Waals surface area contributed by atoms with Crippen LogP contribution in [0, 0.1) is 5.41 Å². The third kappa shape index (κ3) is 9.92. The summed E-state index contributed by atoms with van der Waals surface area (Å²) in [5, 5.41) is 24.1. The Morgan fingerprint density at radius 2 is 1.86 bits per heavy atom. The highest BCUT2D eigenvalue weighted by atomic mass is 32.2. The van der Waals surface area contributed by atoms with Crippen molar-refractivity contribution in [3.63, 3.8) is 0 Å². The number of hydrogen-bond donors (Lipinski definition) is 5. The van der Waals surface area contributed by atoms with Crippen LogP contribution in [0.1, 0.15) is 38.7 Å². The lowest BCUT2D eigenvalue weighted by Crippen LogP contribution is -2.51. The Morgan fingerprint density at radius 3 is 2.57 bits per heavy atom. The summed E-state index contributed by atoms with van der Waals surface area (Å²) in [5.41, 5.74) is 5.23. The predicted octanol–water partition coefficient (Wildman–Crippen LogP) is 0.125. The fourth-order valence-electron chi connectivity index (χ4n) is 3.33. The molecule has 2 atom stereocenters. The highest BCUT2D eigenvalue weighted by Gasteiger charge is 2.40. The van der Waals surface area contributed by atoms with Gasteiger partial charge in [0.15, 0.2) is 22.7 Å². The smallest absolute Gasteiger partial charge is 0.324 e. The zero-order valence-corrected chi connectivity index (χ0v) is 21.6. The van der Waals surface area contributed by atoms with Crippen molar-refractivity contribution in [3.05, 3.63) is 23.8 Å². The first-order chi connectivity index (χ1) is 17.4. The molecule has 1 saturated heterocycles. The summed E-state index contributed by atoms with van der Waals surface area (Å²) in [5.74, 6) is -2.95. The molecule has 1 aromatic rings. The molecule has 1 aromatic carbocycles. The topological polar surface area (TPSA) is 194 Å². The first-order valence-electron chi connectivity index (χ1n) is 11.7. The molecule has 2 amide bonds. The van der Waals surface area contributed by atoms with Crippen molar-refractivity contribution in [2.24, 2.45) is 11.1 Å². The fourth-order valence-corrected chi connectivity index (χ4v) is 4.01. The van der Waals surface area contributed by atoms with Crippen LogP contribution in [0.5, 0.6) is 11.5 Å². The van der Waals surface area contributed by atoms with Crippen LogP contribution in [0.3, 0.4) is 0 Å². The number of nitrogens with two attached hydrogens (primary N) is 1. The molecule has 0 aliphatic carbocycles. The minimum absolute atomic E-state index is 0.0374. The van der Waals surface area contributed by atoms with E-state index in [-0.39, 0.29) is 67.9 Å². The summed E-state index contributed by atoms with van der Waals surface area (Å²) in [4.78, 5) is 61.9. The quantitative estimate of drug-likeness (QED) is 0.258. The SMILES string of the molecule is CC1(C)COC(=O)CCC(=O)SCCNC(=O)CCNC(=O)[C@@H]1OC(=O)[C@@H](N)Cc1ccc(O)c(O)c1. The molecule has 0 spiro atoms. The van der Waals surface area contributed by atoms with Gasteiger partial charge in [-0.2, -0.15) is 0 Å². The molecule has 12 nitrogen and oxygen atoms in total. The Bertz CT molecular complexity index is 1020. The van der Waals surface area contributed by atoms with Crippen LogP contribution in [0.2, 0.25) is 0 Å². The third-order valence-corrected chi connectivity index (χ3v) is 6.39. The van der Waals surface area contributed by atoms with Gasteiger partial charge in [0.1, 0.15) is 12.6 Å². The molecule has 1 fully saturated rings. The van der Waals surface area contributed by atoms with Gasteiger partial charge < -0.3 is 36.1 Å². The van der Waals surface area contributed by atoms with Crippen molar-refractivity contribution < 1.29 is 43.7 Å². The molecule has 6 N–H and O–H groups in total. The Morgan fingerprint density at radius 1 is 1.14 bits per heavy atom. The fraction of sp³-hybridized carbons (Fsp3) is 0.542. The lowest BCUT2D eigenvalue weighted by Gasteiger charge is -2.33. The van der Waals surface area contributed by atoms with Gasteiger partial charge in [0.05, 0.1) is 6.42 Å². The molecule has 2 rings (SSSR count). The molecule has 0 radical (unpaired) electrons. The number of rotatable bonds is 4. The molecule has 13 heteroatoms. The largest absolute Gasteiger partial charge is 0.504 e. The third-order valence-electron chi connectivity index (χ3n) is 5.46. The van der Waals surface area contributed by atoms with Gasteiger partial charge in [0.2, 0.25) is 5.91 Å². The number of phenolic OH excluding ortho intramolecular Hbond substituents is 2. The van der Waals surface area contributed by atoms with Crippen molar-refractivity contribution in [2.75, 3.05) is 25.4 Å². The Hall–Kier alpha value is -3.32. The standard InChI is InChI=1S/C24H33N3O9S/c1-24(2)13-35-19(31)5-6-20(32)37-10-9-26-18(30)7-8-27-22(33)21(24)36-23(34)15(25)11-14-3-4-16(28)17(29)12-14/h3-4,12,15,21,28-29H,5-11,13,25H2,1-2H3,(H,26,30)(H,27,33)/t15-,21-/m0/s1. The highest BCUT2D eigenvalue weighted by molar-refractivity contribution is 8.13. The van der Waals surface area contributed by atoms with Crippen molar-refractivity contribution in [1.29, 1.82) is 0 Å². The van der Waals surface area contributed by atoms with Crippen molar-refractivity contribution in [1.82, 2.24) is 10.6 Å². The van der Waals surface area contributed by atoms with E-state index in [4.69, 9.17) is 15.2 Å². The van der Waals surface area contributed by atoms with Crippen molar-refractivity contribution in [3.8, 4) is 11.5 Å². The minimum atomic E-state index is -1.43. The first kappa shape index (κ1) is 29.9. The minimum Gasteiger partial charge on any atom is -0.504 e. The van der Waals surface area contributed by atoms with Gasteiger partial charge in [0.25, 0.3) is 5.91 Å². The lowest BCUT2D eigenvalue weighted by atomic mass is 9.86. The number of nitrogens with one attached hydrogen (secondary N) is 2. The molecule has 1 aliphatic rings. The Kier molecular flexibility index (Phi) is 11.2. The van der Waals surface area contributed by atoms with Crippen LogP contribution >= 0.6 is 11.8 Å². The number of phenols is 2. The number of cyclic esters (lactones) is 1. The summed E-state index contributed by atoms with van der Waals surface area (Å²) in [6.45, 7) is 3.03. The van der Waals surface area contributed by atoms with Gasteiger partial charge in [0, 0.05) is 37.1 Å². The molecular formula is C24H33N3O9S. The number of aromatic hydroxyl groups is 2.